The third-order valence-corrected chi connectivity index (χ3v) is 3.29. The molecule has 0 saturated heterocycles. The predicted molar refractivity (Wildman–Crippen MR) is 98.7 cm³/mol. The second-order valence-corrected chi connectivity index (χ2v) is 5.37. The Labute approximate surface area is 153 Å². The van der Waals surface area contributed by atoms with Crippen LogP contribution in [0, 0.1) is 11.6 Å². The molecule has 0 aliphatic rings. The number of hydrazine groups is 1. The van der Waals surface area contributed by atoms with Gasteiger partial charge in [-0.1, -0.05) is 24.3 Å². The van der Waals surface area contributed by atoms with Crippen molar-refractivity contribution >= 4 is 24.1 Å². The van der Waals surface area contributed by atoms with Crippen LogP contribution in [0.3, 0.4) is 0 Å². The van der Waals surface area contributed by atoms with Crippen LogP contribution in [0.5, 0.6) is 0 Å². The minimum absolute atomic E-state index is 0.0143. The normalized spacial score (nSPS) is 10.9. The van der Waals surface area contributed by atoms with Crippen LogP contribution in [-0.4, -0.2) is 21.2 Å². The van der Waals surface area contributed by atoms with Crippen LogP contribution < -0.4 is 22.0 Å². The minimum atomic E-state index is -0.359. The van der Waals surface area contributed by atoms with E-state index in [1.807, 2.05) is 0 Å². The zero-order valence-corrected chi connectivity index (χ0v) is 14.0. The van der Waals surface area contributed by atoms with Gasteiger partial charge in [-0.25, -0.2) is 19.6 Å². The quantitative estimate of drug-likeness (QED) is 0.373. The molecule has 5 N–H and O–H groups in total. The maximum absolute atomic E-state index is 13.1. The molecule has 10 heteroatoms. The molecule has 1 heterocycles. The Bertz CT molecular complexity index is 930. The number of hydrogen-bond donors (Lipinski definition) is 4. The van der Waals surface area contributed by atoms with E-state index in [1.54, 1.807) is 24.3 Å². The Morgan fingerprint density at radius 1 is 0.963 bits per heavy atom. The van der Waals surface area contributed by atoms with Crippen molar-refractivity contribution in [1.29, 1.82) is 0 Å². The van der Waals surface area contributed by atoms with Gasteiger partial charge in [-0.2, -0.15) is 20.1 Å². The number of benzene rings is 2. The monoisotopic (exact) mass is 370 g/mol. The maximum atomic E-state index is 13.1. The van der Waals surface area contributed by atoms with Crippen LogP contribution >= 0.6 is 0 Å². The molecular weight excluding hydrogens is 354 g/mol. The van der Waals surface area contributed by atoms with Crippen LogP contribution in [0.2, 0.25) is 0 Å². The van der Waals surface area contributed by atoms with Gasteiger partial charge in [0.1, 0.15) is 11.6 Å². The van der Waals surface area contributed by atoms with Crippen molar-refractivity contribution < 1.29 is 8.78 Å². The van der Waals surface area contributed by atoms with Gasteiger partial charge in [-0.15, -0.1) is 0 Å². The van der Waals surface area contributed by atoms with E-state index in [0.29, 0.717) is 12.1 Å². The average Bonchev–Trinajstić information content (AvgIpc) is 2.63. The Hall–Kier alpha value is -3.66. The molecule has 0 saturated carbocycles. The van der Waals surface area contributed by atoms with E-state index in [-0.39, 0.29) is 29.5 Å². The van der Waals surface area contributed by atoms with Crippen molar-refractivity contribution in [2.24, 2.45) is 5.10 Å². The lowest BCUT2D eigenvalue weighted by Gasteiger charge is -2.08. The summed E-state index contributed by atoms with van der Waals surface area (Å²) in [6, 6.07) is 12.0. The number of nitrogens with zero attached hydrogens (tertiary/aromatic N) is 4. The van der Waals surface area contributed by atoms with E-state index in [2.05, 4.69) is 36.3 Å². The first-order valence-electron chi connectivity index (χ1n) is 7.88. The second-order valence-electron chi connectivity index (χ2n) is 5.37. The first-order chi connectivity index (χ1) is 13.1. The minimum Gasteiger partial charge on any atom is -0.368 e. The lowest BCUT2D eigenvalue weighted by Crippen LogP contribution is -2.23. The number of nitrogens with two attached hydrogens (primary N) is 1. The number of nitrogen functional groups attached to an aromatic ring is 1. The molecule has 0 spiro atoms. The van der Waals surface area contributed by atoms with Gasteiger partial charge in [0.15, 0.2) is 0 Å². The standard InChI is InChI=1S/C17H16F2N8/c18-13-6-4-11(5-7-13)9-21-26-16-23-15(20)24-17(25-16)27-22-10-12-2-1-3-14(19)8-12/h1-8,10,21H,9H2,(H4,20,23,24,25,26,27). The van der Waals surface area contributed by atoms with Crippen LogP contribution in [0.4, 0.5) is 26.6 Å². The van der Waals surface area contributed by atoms with E-state index >= 15 is 0 Å². The molecule has 0 aliphatic heterocycles. The number of hydrogen-bond acceptors (Lipinski definition) is 8. The Kier molecular flexibility index (Phi) is 5.80. The summed E-state index contributed by atoms with van der Waals surface area (Å²) < 4.78 is 26.0. The largest absolute Gasteiger partial charge is 0.368 e. The maximum Gasteiger partial charge on any atom is 0.250 e. The summed E-state index contributed by atoms with van der Waals surface area (Å²) in [4.78, 5) is 11.9. The summed E-state index contributed by atoms with van der Waals surface area (Å²) in [5, 5.41) is 3.94. The third-order valence-electron chi connectivity index (χ3n) is 3.29. The summed E-state index contributed by atoms with van der Waals surface area (Å²) in [7, 11) is 0. The van der Waals surface area contributed by atoms with Crippen molar-refractivity contribution in [3.05, 3.63) is 71.3 Å². The smallest absolute Gasteiger partial charge is 0.250 e. The molecule has 138 valence electrons. The van der Waals surface area contributed by atoms with Gasteiger partial charge in [0.25, 0.3) is 0 Å². The number of rotatable bonds is 7. The fourth-order valence-corrected chi connectivity index (χ4v) is 2.08. The highest BCUT2D eigenvalue weighted by Crippen LogP contribution is 2.07. The molecule has 2 aromatic carbocycles. The summed E-state index contributed by atoms with van der Waals surface area (Å²) >= 11 is 0. The summed E-state index contributed by atoms with van der Waals surface area (Å²) in [6.45, 7) is 0.409. The highest BCUT2D eigenvalue weighted by Gasteiger charge is 2.03. The molecule has 27 heavy (non-hydrogen) atoms. The number of hydrazone groups is 1. The fraction of sp³-hybridized carbons (Fsp3) is 0.0588. The van der Waals surface area contributed by atoms with Gasteiger partial charge in [-0.05, 0) is 35.4 Å². The van der Waals surface area contributed by atoms with E-state index in [1.165, 1.54) is 30.5 Å². The van der Waals surface area contributed by atoms with Crippen molar-refractivity contribution in [3.8, 4) is 0 Å². The number of aromatic nitrogens is 3. The van der Waals surface area contributed by atoms with Crippen molar-refractivity contribution in [1.82, 2.24) is 20.4 Å². The lowest BCUT2D eigenvalue weighted by molar-refractivity contribution is 0.626. The molecule has 3 rings (SSSR count). The molecule has 0 unspecified atom stereocenters. The van der Waals surface area contributed by atoms with E-state index in [0.717, 1.165) is 5.56 Å². The van der Waals surface area contributed by atoms with Gasteiger partial charge in [0.05, 0.1) is 6.21 Å². The highest BCUT2D eigenvalue weighted by atomic mass is 19.1. The average molecular weight is 370 g/mol. The number of anilines is 3. The topological polar surface area (TPSA) is 113 Å². The van der Waals surface area contributed by atoms with Gasteiger partial charge in [0, 0.05) is 6.54 Å². The Morgan fingerprint density at radius 3 is 2.52 bits per heavy atom. The van der Waals surface area contributed by atoms with Crippen molar-refractivity contribution in [2.75, 3.05) is 16.6 Å². The van der Waals surface area contributed by atoms with Crippen molar-refractivity contribution in [3.63, 3.8) is 0 Å². The van der Waals surface area contributed by atoms with E-state index < -0.39 is 0 Å². The first-order valence-corrected chi connectivity index (χ1v) is 7.88. The Morgan fingerprint density at radius 2 is 1.74 bits per heavy atom. The van der Waals surface area contributed by atoms with Crippen LogP contribution in [0.15, 0.2) is 53.6 Å². The highest BCUT2D eigenvalue weighted by molar-refractivity contribution is 5.79. The summed E-state index contributed by atoms with van der Waals surface area (Å²) in [6.07, 6.45) is 1.42. The molecule has 1 aromatic heterocycles. The van der Waals surface area contributed by atoms with E-state index in [9.17, 15) is 8.78 Å². The molecular formula is C17H16F2N8. The SMILES string of the molecule is Nc1nc(NN=Cc2cccc(F)c2)nc(NNCc2ccc(F)cc2)n1. The van der Waals surface area contributed by atoms with Gasteiger partial charge in [-0.3, -0.25) is 5.43 Å². The molecule has 0 radical (unpaired) electrons. The van der Waals surface area contributed by atoms with Gasteiger partial charge >= 0.3 is 0 Å². The molecule has 0 aliphatic carbocycles. The second kappa shape index (κ2) is 8.63. The molecule has 8 nitrogen and oxygen atoms in total. The first kappa shape index (κ1) is 18.1. The molecule has 0 atom stereocenters. The lowest BCUT2D eigenvalue weighted by atomic mass is 10.2. The van der Waals surface area contributed by atoms with Gasteiger partial charge in [0.2, 0.25) is 17.8 Å². The fourth-order valence-electron chi connectivity index (χ4n) is 2.08. The molecule has 0 bridgehead atoms. The number of nitrogens with one attached hydrogen (secondary N) is 3. The zero-order chi connectivity index (χ0) is 19.1. The molecule has 0 fully saturated rings. The molecule has 3 aromatic rings. The van der Waals surface area contributed by atoms with Crippen LogP contribution in [0.1, 0.15) is 11.1 Å². The van der Waals surface area contributed by atoms with Crippen molar-refractivity contribution in [2.45, 2.75) is 6.54 Å². The van der Waals surface area contributed by atoms with E-state index in [4.69, 9.17) is 5.73 Å². The zero-order valence-electron chi connectivity index (χ0n) is 14.0. The summed E-state index contributed by atoms with van der Waals surface area (Å²) in [5.41, 5.74) is 15.4. The predicted octanol–water partition coefficient (Wildman–Crippen LogP) is 2.29. The van der Waals surface area contributed by atoms with Gasteiger partial charge < -0.3 is 5.73 Å². The van der Waals surface area contributed by atoms with Crippen LogP contribution in [-0.2, 0) is 6.54 Å². The third kappa shape index (κ3) is 5.68. The van der Waals surface area contributed by atoms with Crippen LogP contribution in [0.25, 0.3) is 0 Å². The number of halogens is 2. The summed E-state index contributed by atoms with van der Waals surface area (Å²) in [5.74, 6) is -0.387. The molecule has 0 amide bonds. The Balaban J connectivity index is 1.57.